The Hall–Kier alpha value is -0.390. The van der Waals surface area contributed by atoms with Crippen molar-refractivity contribution in [3.63, 3.8) is 0 Å². The van der Waals surface area contributed by atoms with Crippen LogP contribution in [0.1, 0.15) is 24.6 Å². The topological polar surface area (TPSA) is 29.5 Å². The van der Waals surface area contributed by atoms with Crippen LogP contribution in [-0.2, 0) is 16.0 Å². The van der Waals surface area contributed by atoms with Crippen LogP contribution < -0.4 is 0 Å². The number of carbonyl (C=O) groups is 1. The van der Waals surface area contributed by atoms with Crippen molar-refractivity contribution in [3.8, 4) is 0 Å². The number of ether oxygens (including phenoxy) is 1. The third kappa shape index (κ3) is 4.58. The van der Waals surface area contributed by atoms with Crippen LogP contribution >= 0.6 is 27.3 Å². The summed E-state index contributed by atoms with van der Waals surface area (Å²) in [7, 11) is 0. The molecule has 0 bridgehead atoms. The summed E-state index contributed by atoms with van der Waals surface area (Å²) in [5.74, 6) is 0.790. The molecule has 0 N–H and O–H groups in total. The normalized spacial score (nSPS) is 18.7. The van der Waals surface area contributed by atoms with Crippen LogP contribution in [0.3, 0.4) is 0 Å². The number of thiophene rings is 1. The van der Waals surface area contributed by atoms with Crippen molar-refractivity contribution < 1.29 is 9.53 Å². The second-order valence-electron chi connectivity index (χ2n) is 4.89. The Kier molecular flexibility index (Phi) is 5.85. The Morgan fingerprint density at radius 1 is 1.63 bits per heavy atom. The van der Waals surface area contributed by atoms with Crippen LogP contribution in [0, 0.1) is 5.92 Å². The lowest BCUT2D eigenvalue weighted by Crippen LogP contribution is -2.35. The van der Waals surface area contributed by atoms with Crippen LogP contribution in [0.5, 0.6) is 0 Å². The fourth-order valence-electron chi connectivity index (χ4n) is 2.32. The highest BCUT2D eigenvalue weighted by molar-refractivity contribution is 9.10. The van der Waals surface area contributed by atoms with Gasteiger partial charge >= 0.3 is 0 Å². The van der Waals surface area contributed by atoms with Gasteiger partial charge in [0.1, 0.15) is 0 Å². The van der Waals surface area contributed by atoms with Crippen LogP contribution in [-0.4, -0.2) is 37.1 Å². The maximum Gasteiger partial charge on any atom is 0.222 e. The highest BCUT2D eigenvalue weighted by Crippen LogP contribution is 2.21. The number of rotatable bonds is 6. The summed E-state index contributed by atoms with van der Waals surface area (Å²) >= 11 is 5.15. The molecule has 0 aromatic carbocycles. The first-order valence-corrected chi connectivity index (χ1v) is 8.44. The molecule has 1 fully saturated rings. The van der Waals surface area contributed by atoms with Gasteiger partial charge in [0, 0.05) is 46.8 Å². The Morgan fingerprint density at radius 2 is 2.47 bits per heavy atom. The summed E-state index contributed by atoms with van der Waals surface area (Å²) in [5, 5.41) is 2.06. The predicted molar refractivity (Wildman–Crippen MR) is 81.5 cm³/mol. The van der Waals surface area contributed by atoms with Crippen molar-refractivity contribution in [1.29, 1.82) is 0 Å². The molecular formula is C14H20BrNO2S. The van der Waals surface area contributed by atoms with Crippen molar-refractivity contribution in [2.24, 2.45) is 5.92 Å². The summed E-state index contributed by atoms with van der Waals surface area (Å²) in [5.41, 5.74) is 0. The second-order valence-corrected chi connectivity index (χ2v) is 6.80. The molecule has 19 heavy (non-hydrogen) atoms. The maximum absolute atomic E-state index is 12.2. The first kappa shape index (κ1) is 15.0. The highest BCUT2D eigenvalue weighted by Gasteiger charge is 2.21. The van der Waals surface area contributed by atoms with Gasteiger partial charge in [0.15, 0.2) is 0 Å². The summed E-state index contributed by atoms with van der Waals surface area (Å²) in [6.07, 6.45) is 2.53. The van der Waals surface area contributed by atoms with Gasteiger partial charge in [-0.05, 0) is 41.8 Å². The number of aryl methyl sites for hydroxylation is 1. The summed E-state index contributed by atoms with van der Waals surface area (Å²) in [4.78, 5) is 15.5. The summed E-state index contributed by atoms with van der Waals surface area (Å²) in [6, 6.07) is 2.10. The Balaban J connectivity index is 1.79. The van der Waals surface area contributed by atoms with E-state index in [1.807, 2.05) is 4.90 Å². The van der Waals surface area contributed by atoms with E-state index in [1.54, 1.807) is 11.3 Å². The summed E-state index contributed by atoms with van der Waals surface area (Å²) in [6.45, 7) is 5.35. The zero-order chi connectivity index (χ0) is 13.7. The van der Waals surface area contributed by atoms with Crippen molar-refractivity contribution >= 4 is 33.2 Å². The number of hydrogen-bond acceptors (Lipinski definition) is 3. The first-order valence-electron chi connectivity index (χ1n) is 6.77. The molecule has 1 aromatic rings. The van der Waals surface area contributed by atoms with Gasteiger partial charge in [-0.25, -0.2) is 0 Å². The molecule has 1 aliphatic heterocycles. The van der Waals surface area contributed by atoms with E-state index in [1.165, 1.54) is 4.88 Å². The van der Waals surface area contributed by atoms with Gasteiger partial charge in [-0.2, -0.15) is 0 Å². The fourth-order valence-corrected chi connectivity index (χ4v) is 3.77. The second kappa shape index (κ2) is 7.41. The molecule has 1 atom stereocenters. The standard InChI is InChI=1S/C14H20BrNO2S/c1-2-16(8-11-5-6-18-9-11)14(17)4-3-13-7-12(15)10-19-13/h7,10-11H,2-6,8-9H2,1H3/t11-/m0/s1. The van der Waals surface area contributed by atoms with Gasteiger partial charge in [-0.1, -0.05) is 0 Å². The molecule has 3 nitrogen and oxygen atoms in total. The van der Waals surface area contributed by atoms with Crippen LogP contribution in [0.4, 0.5) is 0 Å². The Labute approximate surface area is 127 Å². The zero-order valence-electron chi connectivity index (χ0n) is 11.2. The van der Waals surface area contributed by atoms with E-state index in [2.05, 4.69) is 34.3 Å². The molecule has 0 saturated carbocycles. The first-order chi connectivity index (χ1) is 9.19. The predicted octanol–water partition coefficient (Wildman–Crippen LogP) is 3.33. The Bertz CT molecular complexity index is 415. The van der Waals surface area contributed by atoms with E-state index < -0.39 is 0 Å². The third-order valence-electron chi connectivity index (χ3n) is 3.44. The average molecular weight is 346 g/mol. The maximum atomic E-state index is 12.2. The number of amides is 1. The van der Waals surface area contributed by atoms with Crippen LogP contribution in [0.15, 0.2) is 15.9 Å². The minimum Gasteiger partial charge on any atom is -0.381 e. The van der Waals surface area contributed by atoms with E-state index in [0.29, 0.717) is 12.3 Å². The monoisotopic (exact) mass is 345 g/mol. The molecule has 106 valence electrons. The fraction of sp³-hybridized carbons (Fsp3) is 0.643. The van der Waals surface area contributed by atoms with E-state index in [4.69, 9.17) is 4.74 Å². The molecule has 2 heterocycles. The van der Waals surface area contributed by atoms with Gasteiger partial charge < -0.3 is 9.64 Å². The minimum atomic E-state index is 0.263. The molecule has 1 amide bonds. The SMILES string of the molecule is CCN(C[C@@H]1CCOC1)C(=O)CCc1cc(Br)cs1. The van der Waals surface area contributed by atoms with Crippen molar-refractivity contribution in [1.82, 2.24) is 4.90 Å². The summed E-state index contributed by atoms with van der Waals surface area (Å²) < 4.78 is 6.48. The van der Waals surface area contributed by atoms with Crippen molar-refractivity contribution in [2.75, 3.05) is 26.3 Å². The van der Waals surface area contributed by atoms with Crippen LogP contribution in [0.2, 0.25) is 0 Å². The molecule has 1 aliphatic rings. The number of carbonyl (C=O) groups excluding carboxylic acids is 1. The number of nitrogens with zero attached hydrogens (tertiary/aromatic N) is 1. The van der Waals surface area contributed by atoms with Gasteiger partial charge in [-0.3, -0.25) is 4.79 Å². The molecule has 5 heteroatoms. The molecular weight excluding hydrogens is 326 g/mol. The molecule has 1 aromatic heterocycles. The minimum absolute atomic E-state index is 0.263. The van der Waals surface area contributed by atoms with Gasteiger partial charge in [0.25, 0.3) is 0 Å². The Morgan fingerprint density at radius 3 is 3.05 bits per heavy atom. The van der Waals surface area contributed by atoms with Gasteiger partial charge in [0.05, 0.1) is 6.61 Å². The smallest absolute Gasteiger partial charge is 0.222 e. The lowest BCUT2D eigenvalue weighted by atomic mass is 10.1. The highest BCUT2D eigenvalue weighted by atomic mass is 79.9. The molecule has 2 rings (SSSR count). The van der Waals surface area contributed by atoms with Crippen molar-refractivity contribution in [3.05, 3.63) is 20.8 Å². The van der Waals surface area contributed by atoms with E-state index >= 15 is 0 Å². The van der Waals surface area contributed by atoms with Gasteiger partial charge in [-0.15, -0.1) is 11.3 Å². The van der Waals surface area contributed by atoms with E-state index in [-0.39, 0.29) is 5.91 Å². The quantitative estimate of drug-likeness (QED) is 0.791. The molecule has 0 radical (unpaired) electrons. The molecule has 0 aliphatic carbocycles. The number of halogens is 1. The number of hydrogen-bond donors (Lipinski definition) is 0. The molecule has 1 saturated heterocycles. The molecule has 0 unspecified atom stereocenters. The largest absolute Gasteiger partial charge is 0.381 e. The van der Waals surface area contributed by atoms with E-state index in [9.17, 15) is 4.79 Å². The van der Waals surface area contributed by atoms with Crippen LogP contribution in [0.25, 0.3) is 0 Å². The van der Waals surface area contributed by atoms with E-state index in [0.717, 1.165) is 43.6 Å². The lowest BCUT2D eigenvalue weighted by Gasteiger charge is -2.23. The average Bonchev–Trinajstić information content (AvgIpc) is 3.04. The van der Waals surface area contributed by atoms with Crippen molar-refractivity contribution in [2.45, 2.75) is 26.2 Å². The lowest BCUT2D eigenvalue weighted by molar-refractivity contribution is -0.131. The third-order valence-corrected chi connectivity index (χ3v) is 5.20. The molecule has 0 spiro atoms. The zero-order valence-corrected chi connectivity index (χ0v) is 13.6. The van der Waals surface area contributed by atoms with Gasteiger partial charge in [0.2, 0.25) is 5.91 Å².